The van der Waals surface area contributed by atoms with E-state index in [0.717, 1.165) is 11.0 Å². The van der Waals surface area contributed by atoms with Crippen molar-refractivity contribution in [2.75, 3.05) is 25.7 Å². The van der Waals surface area contributed by atoms with Crippen LogP contribution in [0.2, 0.25) is 0 Å². The predicted octanol–water partition coefficient (Wildman–Crippen LogP) is -0.161. The van der Waals surface area contributed by atoms with Gasteiger partial charge in [-0.25, -0.2) is 22.0 Å². The van der Waals surface area contributed by atoms with Gasteiger partial charge in [0.05, 0.1) is 44.2 Å². The second-order valence-corrected chi connectivity index (χ2v) is 13.6. The molecule has 0 bridgehead atoms. The zero-order valence-electron chi connectivity index (χ0n) is 24.8. The third-order valence-corrected chi connectivity index (χ3v) is 7.09. The summed E-state index contributed by atoms with van der Waals surface area (Å²) >= 11 is 1.46. The van der Waals surface area contributed by atoms with Crippen LogP contribution >= 0.6 is 26.6 Å². The first-order valence-corrected chi connectivity index (χ1v) is 18.1. The molecule has 2 aromatic heterocycles. The Morgan fingerprint density at radius 2 is 1.38 bits per heavy atom. The number of halogens is 2. The van der Waals surface area contributed by atoms with Crippen LogP contribution in [0.3, 0.4) is 0 Å². The molecular weight excluding hydrogens is 713 g/mol. The molecule has 0 fully saturated rings. The van der Waals surface area contributed by atoms with Crippen LogP contribution in [0.25, 0.3) is 0 Å². The van der Waals surface area contributed by atoms with Crippen molar-refractivity contribution >= 4 is 69.7 Å². The van der Waals surface area contributed by atoms with Crippen LogP contribution in [-0.2, 0) is 61.3 Å². The molecule has 2 rings (SSSR count). The average molecular weight is 752 g/mol. The van der Waals surface area contributed by atoms with E-state index in [1.807, 2.05) is 30.8 Å². The summed E-state index contributed by atoms with van der Waals surface area (Å²) in [5, 5.41) is 14.1. The number of methoxy groups -OCH3 is 2. The Morgan fingerprint density at radius 1 is 0.976 bits per heavy atom. The number of nitrogens with zero attached hydrogens (tertiary/aromatic N) is 4. The van der Waals surface area contributed by atoms with Crippen molar-refractivity contribution in [3.63, 3.8) is 0 Å². The Kier molecular flexibility index (Phi) is 27.9. The molecular formula is C22H39BrClN5NaO9S3+. The fourth-order valence-electron chi connectivity index (χ4n) is 2.22. The van der Waals surface area contributed by atoms with Crippen molar-refractivity contribution < 1.29 is 70.0 Å². The number of nitrogens with two attached hydrogens (primary N) is 1. The molecule has 0 spiro atoms. The van der Waals surface area contributed by atoms with Gasteiger partial charge in [-0.2, -0.15) is 10.2 Å². The van der Waals surface area contributed by atoms with Gasteiger partial charge in [0.2, 0.25) is 10.0 Å². The molecule has 238 valence electrons. The summed E-state index contributed by atoms with van der Waals surface area (Å²) in [5.41, 5.74) is 1.57. The Hall–Kier alpha value is -0.700. The monoisotopic (exact) mass is 750 g/mol. The van der Waals surface area contributed by atoms with E-state index in [1.165, 1.54) is 14.2 Å². The molecule has 2 atom stereocenters. The molecule has 0 saturated carbocycles. The van der Waals surface area contributed by atoms with E-state index in [0.29, 0.717) is 11.7 Å². The number of hydrogen-bond donors (Lipinski definition) is 2. The molecule has 0 aromatic carbocycles. The molecule has 0 radical (unpaired) electrons. The topological polar surface area (TPSA) is 203 Å². The molecule has 2 aromatic rings. The summed E-state index contributed by atoms with van der Waals surface area (Å²) in [5.74, 6) is -0.936. The number of alkyl halides is 1. The number of ether oxygens (including phenoxy) is 2. The van der Waals surface area contributed by atoms with Crippen molar-refractivity contribution in [1.29, 1.82) is 0 Å². The number of carbonyl (C=O) groups is 2. The fourth-order valence-corrected chi connectivity index (χ4v) is 3.99. The minimum Gasteiger partial charge on any atom is -0.469 e. The van der Waals surface area contributed by atoms with Gasteiger partial charge in [-0.3, -0.25) is 19.0 Å². The largest absolute Gasteiger partial charge is 1.00 e. The number of primary sulfonamides is 1. The van der Waals surface area contributed by atoms with Crippen molar-refractivity contribution in [3.05, 3.63) is 35.9 Å². The van der Waals surface area contributed by atoms with Gasteiger partial charge in [0.15, 0.2) is 11.1 Å². The first-order chi connectivity index (χ1) is 18.9. The van der Waals surface area contributed by atoms with Crippen molar-refractivity contribution in [3.8, 4) is 0 Å². The minimum atomic E-state index is -3.47. The summed E-state index contributed by atoms with van der Waals surface area (Å²) in [4.78, 5) is 20.5. The molecule has 14 nitrogen and oxygen atoms in total. The maximum atomic E-state index is 10.7. The van der Waals surface area contributed by atoms with Crippen LogP contribution in [-0.4, -0.2) is 78.6 Å². The van der Waals surface area contributed by atoms with Crippen LogP contribution in [0, 0.1) is 0 Å². The Balaban J connectivity index is -0.000000486. The normalized spacial score (nSPS) is 11.8. The molecule has 3 N–H and O–H groups in total. The third-order valence-electron chi connectivity index (χ3n) is 4.27. The van der Waals surface area contributed by atoms with Crippen molar-refractivity contribution in [2.24, 2.45) is 5.14 Å². The van der Waals surface area contributed by atoms with E-state index >= 15 is 0 Å². The van der Waals surface area contributed by atoms with Crippen LogP contribution in [0.1, 0.15) is 64.0 Å². The number of esters is 2. The van der Waals surface area contributed by atoms with E-state index in [2.05, 4.69) is 49.4 Å². The summed E-state index contributed by atoms with van der Waals surface area (Å²) < 4.78 is 61.8. The zero-order chi connectivity index (χ0) is 32.2. The van der Waals surface area contributed by atoms with Gasteiger partial charge in [-0.1, -0.05) is 15.9 Å². The number of aromatic nitrogens is 4. The molecule has 0 aliphatic carbocycles. The van der Waals surface area contributed by atoms with Gasteiger partial charge in [0.25, 0.3) is 0 Å². The molecule has 20 heteroatoms. The number of rotatable bonds is 11. The minimum absolute atomic E-state index is 0. The van der Waals surface area contributed by atoms with E-state index < -0.39 is 37.1 Å². The maximum Gasteiger partial charge on any atom is 1.00 e. The predicted molar refractivity (Wildman–Crippen MR) is 162 cm³/mol. The van der Waals surface area contributed by atoms with E-state index in [1.54, 1.807) is 16.9 Å². The van der Waals surface area contributed by atoms with E-state index in [4.69, 9.17) is 20.4 Å². The smallest absolute Gasteiger partial charge is 0.469 e. The van der Waals surface area contributed by atoms with Gasteiger partial charge < -0.3 is 14.0 Å². The molecule has 42 heavy (non-hydrogen) atoms. The summed E-state index contributed by atoms with van der Waals surface area (Å²) in [6.45, 7) is 8.16. The first-order valence-electron chi connectivity index (χ1n) is 11.9. The van der Waals surface area contributed by atoms with Gasteiger partial charge in [-0.05, 0) is 50.5 Å². The van der Waals surface area contributed by atoms with Crippen LogP contribution < -0.4 is 34.7 Å². The number of hydrogen-bond acceptors (Lipinski definition) is 10. The summed E-state index contributed by atoms with van der Waals surface area (Å²) in [7, 11) is 2.68. The van der Waals surface area contributed by atoms with E-state index in [9.17, 15) is 26.4 Å². The SMILES string of the molecule is CC(C)n1ccc(CBr)n1.CC(C)n1ccc(CS(N)(=O)=O)n1.COC(=O)CCS(=O)Cl.COC(=O)CCS(=O)O.[Na+]. The molecule has 2 unspecified atom stereocenters. The quantitative estimate of drug-likeness (QED) is 0.102. The van der Waals surface area contributed by atoms with Gasteiger partial charge in [-0.15, -0.1) is 0 Å². The third kappa shape index (κ3) is 26.9. The van der Waals surface area contributed by atoms with Crippen molar-refractivity contribution in [1.82, 2.24) is 19.6 Å². The summed E-state index contributed by atoms with van der Waals surface area (Å²) in [6.07, 6.45) is 3.86. The van der Waals surface area contributed by atoms with E-state index in [-0.39, 0.29) is 71.7 Å². The maximum absolute atomic E-state index is 10.7. The Labute approximate surface area is 287 Å². The van der Waals surface area contributed by atoms with Gasteiger partial charge in [0, 0.05) is 35.6 Å². The van der Waals surface area contributed by atoms with Crippen molar-refractivity contribution in [2.45, 2.75) is 63.7 Å². The van der Waals surface area contributed by atoms with Gasteiger partial charge >= 0.3 is 41.5 Å². The number of sulfonamides is 1. The van der Waals surface area contributed by atoms with Gasteiger partial charge in [0.1, 0.15) is 15.8 Å². The van der Waals surface area contributed by atoms with Crippen LogP contribution in [0.5, 0.6) is 0 Å². The second kappa shape index (κ2) is 25.6. The molecule has 0 amide bonds. The molecule has 0 aliphatic rings. The first kappa shape index (κ1) is 45.7. The second-order valence-electron chi connectivity index (χ2n) is 8.37. The molecule has 2 heterocycles. The Bertz CT molecular complexity index is 1170. The van der Waals surface area contributed by atoms with Crippen LogP contribution in [0.4, 0.5) is 0 Å². The van der Waals surface area contributed by atoms with Crippen LogP contribution in [0.15, 0.2) is 24.5 Å². The molecule has 0 aliphatic heterocycles. The summed E-state index contributed by atoms with van der Waals surface area (Å²) in [6, 6.07) is 4.38. The zero-order valence-corrected chi connectivity index (χ0v) is 31.6. The standard InChI is InChI=1S/C7H11BrN2.C7H13N3O2S.C4H7ClO3S.C4H8O4S.Na/c1-6(2)10-4-3-7(5-8)9-10;1-6(2)10-4-3-7(9-10)5-13(8,11)12;1-8-4(6)2-3-9(5)7;1-8-4(5)2-3-9(6)7;/h3-4,6H,5H2,1-2H3;3-4,6H,5H2,1-2H3,(H2,8,11,12);2-3H2,1H3;2-3H2,1H3,(H,6,7);/q;;;;+1. The molecule has 0 saturated heterocycles. The Morgan fingerprint density at radius 3 is 1.67 bits per heavy atom. The average Bonchev–Trinajstić information content (AvgIpc) is 3.56. The fraction of sp³-hybridized carbons (Fsp3) is 0.636. The number of carbonyl (C=O) groups excluding carboxylic acids is 2.